The highest BCUT2D eigenvalue weighted by molar-refractivity contribution is 5.62. The van der Waals surface area contributed by atoms with Crippen molar-refractivity contribution in [3.63, 3.8) is 0 Å². The lowest BCUT2D eigenvalue weighted by molar-refractivity contribution is 0.282. The summed E-state index contributed by atoms with van der Waals surface area (Å²) in [5.74, 6) is 0. The van der Waals surface area contributed by atoms with Gasteiger partial charge in [-0.25, -0.2) is 0 Å². The van der Waals surface area contributed by atoms with Gasteiger partial charge in [-0.1, -0.05) is 52.0 Å². The van der Waals surface area contributed by atoms with Crippen LogP contribution in [0, 0.1) is 0 Å². The molecule has 1 aromatic heterocycles. The molecule has 1 heterocycles. The average Bonchev–Trinajstić information content (AvgIpc) is 2.54. The van der Waals surface area contributed by atoms with E-state index in [1.807, 2.05) is 58.0 Å². The molecule has 3 heteroatoms. The van der Waals surface area contributed by atoms with Crippen LogP contribution in [0.3, 0.4) is 0 Å². The first-order chi connectivity index (χ1) is 9.70. The number of rotatable bonds is 2. The summed E-state index contributed by atoms with van der Waals surface area (Å²) in [5, 5.41) is 8.93. The molecule has 0 aliphatic rings. The minimum absolute atomic E-state index is 0.0243. The molecule has 0 saturated carbocycles. The number of hydrogen-bond acceptors (Lipinski definition) is 2. The van der Waals surface area contributed by atoms with Gasteiger partial charge in [-0.15, -0.1) is 0 Å². The second-order valence-corrected chi connectivity index (χ2v) is 3.72. The van der Waals surface area contributed by atoms with Crippen molar-refractivity contribution in [3.8, 4) is 11.1 Å². The molecule has 3 nitrogen and oxygen atoms in total. The van der Waals surface area contributed by atoms with Crippen molar-refractivity contribution >= 4 is 0 Å². The smallest absolute Gasteiger partial charge is 0.250 e. The van der Waals surface area contributed by atoms with Gasteiger partial charge in [-0.05, 0) is 22.8 Å². The fraction of sp³-hybridized carbons (Fsp3) is 0.353. The van der Waals surface area contributed by atoms with E-state index < -0.39 is 0 Å². The molecule has 1 N–H and O–H groups in total. The van der Waals surface area contributed by atoms with Crippen LogP contribution in [0.25, 0.3) is 11.1 Å². The van der Waals surface area contributed by atoms with Crippen LogP contribution in [-0.4, -0.2) is 9.67 Å². The maximum Gasteiger partial charge on any atom is 0.250 e. The second-order valence-electron chi connectivity index (χ2n) is 3.72. The van der Waals surface area contributed by atoms with Gasteiger partial charge in [0, 0.05) is 19.3 Å². The minimum atomic E-state index is -0.0243. The fourth-order valence-corrected chi connectivity index (χ4v) is 1.53. The third kappa shape index (κ3) is 5.02. The number of pyridine rings is 1. The summed E-state index contributed by atoms with van der Waals surface area (Å²) in [6.07, 6.45) is 1.75. The van der Waals surface area contributed by atoms with Crippen molar-refractivity contribution in [3.05, 3.63) is 58.5 Å². The van der Waals surface area contributed by atoms with Crippen molar-refractivity contribution < 1.29 is 5.11 Å². The maximum absolute atomic E-state index is 11.5. The summed E-state index contributed by atoms with van der Waals surface area (Å²) in [5.41, 5.74) is 2.72. The highest BCUT2D eigenvalue weighted by Crippen LogP contribution is 2.17. The molecule has 0 amide bonds. The molecule has 0 spiro atoms. The van der Waals surface area contributed by atoms with E-state index in [1.54, 1.807) is 19.3 Å². The van der Waals surface area contributed by atoms with E-state index in [2.05, 4.69) is 0 Å². The van der Waals surface area contributed by atoms with Gasteiger partial charge in [0.2, 0.25) is 0 Å². The Morgan fingerprint density at radius 3 is 1.95 bits per heavy atom. The normalized spacial score (nSPS) is 8.90. The molecule has 110 valence electrons. The Morgan fingerprint density at radius 1 is 0.950 bits per heavy atom. The SMILES string of the molecule is CC.CC.Cn1ccc(-c2ccc(CO)cc2)cc1=O. The van der Waals surface area contributed by atoms with E-state index in [0.717, 1.165) is 16.7 Å². The topological polar surface area (TPSA) is 42.2 Å². The van der Waals surface area contributed by atoms with Gasteiger partial charge in [-0.3, -0.25) is 4.79 Å². The molecule has 0 atom stereocenters. The van der Waals surface area contributed by atoms with E-state index in [4.69, 9.17) is 5.11 Å². The Labute approximate surface area is 121 Å². The number of aliphatic hydroxyl groups is 1. The number of nitrogens with zero attached hydrogens (tertiary/aromatic N) is 1. The molecule has 20 heavy (non-hydrogen) atoms. The van der Waals surface area contributed by atoms with Crippen molar-refractivity contribution in [2.75, 3.05) is 0 Å². The first kappa shape index (κ1) is 18.1. The van der Waals surface area contributed by atoms with Gasteiger partial charge >= 0.3 is 0 Å². The van der Waals surface area contributed by atoms with E-state index in [1.165, 1.54) is 4.57 Å². The number of aryl methyl sites for hydroxylation is 1. The molecule has 0 aliphatic heterocycles. The number of benzene rings is 1. The molecule has 0 aliphatic carbocycles. The Morgan fingerprint density at radius 2 is 1.50 bits per heavy atom. The van der Waals surface area contributed by atoms with Crippen molar-refractivity contribution in [1.29, 1.82) is 0 Å². The molecule has 0 saturated heterocycles. The molecule has 0 radical (unpaired) electrons. The zero-order valence-electron chi connectivity index (χ0n) is 13.1. The number of hydrogen-bond donors (Lipinski definition) is 1. The molecule has 2 aromatic rings. The molecule has 1 aromatic carbocycles. The quantitative estimate of drug-likeness (QED) is 0.910. The maximum atomic E-state index is 11.5. The molecule has 0 unspecified atom stereocenters. The Kier molecular flexibility index (Phi) is 9.05. The lowest BCUT2D eigenvalue weighted by atomic mass is 10.1. The van der Waals surface area contributed by atoms with Gasteiger partial charge in [0.25, 0.3) is 5.56 Å². The summed E-state index contributed by atoms with van der Waals surface area (Å²) in [7, 11) is 1.72. The van der Waals surface area contributed by atoms with Gasteiger partial charge < -0.3 is 9.67 Å². The van der Waals surface area contributed by atoms with Crippen LogP contribution < -0.4 is 5.56 Å². The van der Waals surface area contributed by atoms with Crippen LogP contribution in [0.5, 0.6) is 0 Å². The summed E-state index contributed by atoms with van der Waals surface area (Å²) < 4.78 is 1.53. The third-order valence-corrected chi connectivity index (χ3v) is 2.57. The predicted octanol–water partition coefficient (Wildman–Crippen LogP) is 3.60. The summed E-state index contributed by atoms with van der Waals surface area (Å²) in [4.78, 5) is 11.5. The van der Waals surface area contributed by atoms with Crippen LogP contribution >= 0.6 is 0 Å². The monoisotopic (exact) mass is 275 g/mol. The summed E-state index contributed by atoms with van der Waals surface area (Å²) >= 11 is 0. The Bertz CT molecular complexity index is 542. The zero-order valence-corrected chi connectivity index (χ0v) is 13.1. The fourth-order valence-electron chi connectivity index (χ4n) is 1.53. The largest absolute Gasteiger partial charge is 0.392 e. The highest BCUT2D eigenvalue weighted by Gasteiger charge is 1.99. The van der Waals surface area contributed by atoms with Crippen molar-refractivity contribution in [2.24, 2.45) is 7.05 Å². The predicted molar refractivity (Wildman–Crippen MR) is 85.7 cm³/mol. The Balaban J connectivity index is 0.000000829. The summed E-state index contributed by atoms with van der Waals surface area (Å²) in [6, 6.07) is 11.0. The van der Waals surface area contributed by atoms with E-state index in [9.17, 15) is 4.79 Å². The zero-order chi connectivity index (χ0) is 15.5. The number of aliphatic hydroxyl groups excluding tert-OH is 1. The van der Waals surface area contributed by atoms with E-state index in [-0.39, 0.29) is 12.2 Å². The van der Waals surface area contributed by atoms with E-state index in [0.29, 0.717) is 0 Å². The van der Waals surface area contributed by atoms with Crippen molar-refractivity contribution in [2.45, 2.75) is 34.3 Å². The first-order valence-electron chi connectivity index (χ1n) is 7.07. The van der Waals surface area contributed by atoms with E-state index >= 15 is 0 Å². The average molecular weight is 275 g/mol. The summed E-state index contributed by atoms with van der Waals surface area (Å²) in [6.45, 7) is 8.04. The van der Waals surface area contributed by atoms with Gasteiger partial charge in [0.15, 0.2) is 0 Å². The molecule has 2 rings (SSSR count). The molecule has 0 fully saturated rings. The van der Waals surface area contributed by atoms with Crippen LogP contribution in [0.2, 0.25) is 0 Å². The standard InChI is InChI=1S/C13H13NO2.2C2H6/c1-14-7-6-12(8-13(14)16)11-4-2-10(9-15)3-5-11;2*1-2/h2-8,15H,9H2,1H3;2*1-2H3. The highest BCUT2D eigenvalue weighted by atomic mass is 16.3. The Hall–Kier alpha value is -1.87. The van der Waals surface area contributed by atoms with Gasteiger partial charge in [0.05, 0.1) is 6.61 Å². The van der Waals surface area contributed by atoms with Gasteiger partial charge in [-0.2, -0.15) is 0 Å². The first-order valence-corrected chi connectivity index (χ1v) is 7.07. The van der Waals surface area contributed by atoms with Crippen molar-refractivity contribution in [1.82, 2.24) is 4.57 Å². The lowest BCUT2D eigenvalue weighted by Gasteiger charge is -2.03. The number of aromatic nitrogens is 1. The second kappa shape index (κ2) is 9.98. The molecule has 0 bridgehead atoms. The molecular formula is C17H25NO2. The van der Waals surface area contributed by atoms with Crippen LogP contribution in [0.4, 0.5) is 0 Å². The van der Waals surface area contributed by atoms with Crippen LogP contribution in [-0.2, 0) is 13.7 Å². The van der Waals surface area contributed by atoms with Gasteiger partial charge in [0.1, 0.15) is 0 Å². The lowest BCUT2D eigenvalue weighted by Crippen LogP contribution is -2.14. The van der Waals surface area contributed by atoms with Crippen LogP contribution in [0.1, 0.15) is 33.3 Å². The molecular weight excluding hydrogens is 250 g/mol. The van der Waals surface area contributed by atoms with Crippen LogP contribution in [0.15, 0.2) is 47.4 Å². The third-order valence-electron chi connectivity index (χ3n) is 2.57. The minimum Gasteiger partial charge on any atom is -0.392 e.